The standard InChI is InChI=1S/C12H11BrCl2N2O3S/c13-8-5-9(14)12(10(15)6-8)21(19,20)17-4-2-1-3-11(17)16-7-18/h5-6,11H,1-4H2. The van der Waals surface area contributed by atoms with Crippen LogP contribution in [0.2, 0.25) is 10.0 Å². The molecule has 0 radical (unpaired) electrons. The first-order valence-corrected chi connectivity index (χ1v) is 9.10. The van der Waals surface area contributed by atoms with Crippen LogP contribution in [0.25, 0.3) is 0 Å². The van der Waals surface area contributed by atoms with Gasteiger partial charge in [0.2, 0.25) is 16.1 Å². The monoisotopic (exact) mass is 412 g/mol. The first-order valence-electron chi connectivity index (χ1n) is 6.11. The van der Waals surface area contributed by atoms with Crippen molar-refractivity contribution in [1.82, 2.24) is 4.31 Å². The fraction of sp³-hybridized carbons (Fsp3) is 0.417. The van der Waals surface area contributed by atoms with Crippen LogP contribution in [0.5, 0.6) is 0 Å². The minimum absolute atomic E-state index is 0.0220. The van der Waals surface area contributed by atoms with E-state index in [2.05, 4.69) is 20.9 Å². The van der Waals surface area contributed by atoms with Gasteiger partial charge < -0.3 is 0 Å². The van der Waals surface area contributed by atoms with Crippen LogP contribution in [0.1, 0.15) is 19.3 Å². The lowest BCUT2D eigenvalue weighted by Crippen LogP contribution is -2.42. The Labute approximate surface area is 141 Å². The Balaban J connectivity index is 2.53. The molecule has 1 aromatic rings. The number of hydrogen-bond acceptors (Lipinski definition) is 4. The number of nitrogens with zero attached hydrogens (tertiary/aromatic N) is 2. The van der Waals surface area contributed by atoms with Crippen molar-refractivity contribution in [2.75, 3.05) is 6.54 Å². The third kappa shape index (κ3) is 3.50. The molecule has 114 valence electrons. The molecule has 5 nitrogen and oxygen atoms in total. The summed E-state index contributed by atoms with van der Waals surface area (Å²) in [6.07, 6.45) is 2.63. The molecule has 0 bridgehead atoms. The van der Waals surface area contributed by atoms with E-state index in [0.717, 1.165) is 10.7 Å². The summed E-state index contributed by atoms with van der Waals surface area (Å²) in [5.74, 6) is 0. The van der Waals surface area contributed by atoms with Crippen molar-refractivity contribution in [2.45, 2.75) is 30.3 Å². The quantitative estimate of drug-likeness (QED) is 0.561. The molecule has 1 heterocycles. The molecule has 0 aliphatic carbocycles. The molecular weight excluding hydrogens is 403 g/mol. The normalized spacial score (nSPS) is 20.0. The lowest BCUT2D eigenvalue weighted by Gasteiger charge is -2.31. The number of hydrogen-bond donors (Lipinski definition) is 0. The van der Waals surface area contributed by atoms with E-state index in [9.17, 15) is 13.2 Å². The van der Waals surface area contributed by atoms with E-state index < -0.39 is 16.2 Å². The van der Waals surface area contributed by atoms with Gasteiger partial charge in [-0.15, -0.1) is 0 Å². The largest absolute Gasteiger partial charge is 0.247 e. The number of piperidine rings is 1. The maximum Gasteiger partial charge on any atom is 0.247 e. The molecule has 0 aromatic heterocycles. The first-order chi connectivity index (χ1) is 9.87. The fourth-order valence-corrected chi connectivity index (χ4v) is 5.73. The van der Waals surface area contributed by atoms with Crippen molar-refractivity contribution in [2.24, 2.45) is 4.99 Å². The van der Waals surface area contributed by atoms with E-state index in [4.69, 9.17) is 23.2 Å². The molecule has 1 aliphatic rings. The van der Waals surface area contributed by atoms with Crippen molar-refractivity contribution >= 4 is 55.2 Å². The lowest BCUT2D eigenvalue weighted by atomic mass is 10.1. The zero-order chi connectivity index (χ0) is 15.6. The minimum Gasteiger partial charge on any atom is -0.211 e. The molecule has 0 saturated carbocycles. The fourth-order valence-electron chi connectivity index (χ4n) is 2.25. The molecule has 2 rings (SSSR count). The highest BCUT2D eigenvalue weighted by Gasteiger charge is 2.36. The number of halogens is 3. The van der Waals surface area contributed by atoms with Gasteiger partial charge in [0.25, 0.3) is 0 Å². The van der Waals surface area contributed by atoms with E-state index in [0.29, 0.717) is 17.3 Å². The van der Waals surface area contributed by atoms with Gasteiger partial charge >= 0.3 is 0 Å². The van der Waals surface area contributed by atoms with Crippen LogP contribution >= 0.6 is 39.1 Å². The molecule has 1 saturated heterocycles. The maximum atomic E-state index is 12.8. The van der Waals surface area contributed by atoms with Gasteiger partial charge in [-0.3, -0.25) is 0 Å². The van der Waals surface area contributed by atoms with Crippen LogP contribution in [-0.4, -0.2) is 31.5 Å². The Morgan fingerprint density at radius 1 is 1.29 bits per heavy atom. The SMILES string of the molecule is O=C=NC1CCCCN1S(=O)(=O)c1c(Cl)cc(Br)cc1Cl. The van der Waals surface area contributed by atoms with Gasteiger partial charge in [-0.25, -0.2) is 13.2 Å². The Hall–Kier alpha value is -0.430. The van der Waals surface area contributed by atoms with Crippen molar-refractivity contribution in [3.8, 4) is 0 Å². The van der Waals surface area contributed by atoms with Crippen molar-refractivity contribution in [1.29, 1.82) is 0 Å². The number of isocyanates is 1. The van der Waals surface area contributed by atoms with Gasteiger partial charge in [0.1, 0.15) is 11.1 Å². The van der Waals surface area contributed by atoms with Crippen molar-refractivity contribution in [3.05, 3.63) is 26.7 Å². The van der Waals surface area contributed by atoms with Crippen LogP contribution in [0, 0.1) is 0 Å². The van der Waals surface area contributed by atoms with E-state index in [-0.39, 0.29) is 21.5 Å². The Morgan fingerprint density at radius 2 is 1.90 bits per heavy atom. The minimum atomic E-state index is -3.94. The third-order valence-electron chi connectivity index (χ3n) is 3.15. The summed E-state index contributed by atoms with van der Waals surface area (Å²) in [5.41, 5.74) is 0. The summed E-state index contributed by atoms with van der Waals surface area (Å²) in [6.45, 7) is 0.265. The van der Waals surface area contributed by atoms with Crippen LogP contribution < -0.4 is 0 Å². The number of sulfonamides is 1. The average Bonchev–Trinajstić information content (AvgIpc) is 2.37. The molecule has 0 N–H and O–H groups in total. The summed E-state index contributed by atoms with van der Waals surface area (Å²) in [4.78, 5) is 13.9. The van der Waals surface area contributed by atoms with Crippen molar-refractivity contribution < 1.29 is 13.2 Å². The van der Waals surface area contributed by atoms with E-state index >= 15 is 0 Å². The smallest absolute Gasteiger partial charge is 0.211 e. The van der Waals surface area contributed by atoms with Gasteiger partial charge in [0.05, 0.1) is 10.0 Å². The second-order valence-corrected chi connectivity index (χ2v) is 8.07. The van der Waals surface area contributed by atoms with Crippen molar-refractivity contribution in [3.63, 3.8) is 0 Å². The molecule has 1 aliphatic heterocycles. The molecule has 1 unspecified atom stereocenters. The maximum absolute atomic E-state index is 12.8. The highest BCUT2D eigenvalue weighted by atomic mass is 79.9. The van der Waals surface area contributed by atoms with Gasteiger partial charge in [-0.2, -0.15) is 9.30 Å². The Bertz CT molecular complexity index is 681. The second-order valence-electron chi connectivity index (χ2n) is 4.51. The predicted molar refractivity (Wildman–Crippen MR) is 83.8 cm³/mol. The summed E-state index contributed by atoms with van der Waals surface area (Å²) < 4.78 is 27.3. The molecule has 21 heavy (non-hydrogen) atoms. The van der Waals surface area contributed by atoms with Crippen LogP contribution in [-0.2, 0) is 14.8 Å². The summed E-state index contributed by atoms with van der Waals surface area (Å²) >= 11 is 15.3. The summed E-state index contributed by atoms with van der Waals surface area (Å²) in [7, 11) is -3.94. The Kier molecular flexibility index (Phi) is 5.46. The summed E-state index contributed by atoms with van der Waals surface area (Å²) in [5, 5.41) is 0.0440. The highest BCUT2D eigenvalue weighted by Crippen LogP contribution is 2.36. The van der Waals surface area contributed by atoms with Crippen LogP contribution in [0.4, 0.5) is 0 Å². The molecule has 1 aromatic carbocycles. The molecule has 0 spiro atoms. The number of benzene rings is 1. The molecule has 9 heteroatoms. The Morgan fingerprint density at radius 3 is 2.48 bits per heavy atom. The zero-order valence-electron chi connectivity index (χ0n) is 10.7. The van der Waals surface area contributed by atoms with E-state index in [1.165, 1.54) is 18.2 Å². The number of aliphatic imine (C=N–C) groups is 1. The van der Waals surface area contributed by atoms with Gasteiger partial charge in [0.15, 0.2) is 0 Å². The van der Waals surface area contributed by atoms with E-state index in [1.54, 1.807) is 0 Å². The van der Waals surface area contributed by atoms with Crippen LogP contribution in [0.15, 0.2) is 26.5 Å². The van der Waals surface area contributed by atoms with Gasteiger partial charge in [0, 0.05) is 11.0 Å². The van der Waals surface area contributed by atoms with E-state index in [1.807, 2.05) is 0 Å². The average molecular weight is 414 g/mol. The predicted octanol–water partition coefficient (Wildman–Crippen LogP) is 3.59. The summed E-state index contributed by atoms with van der Waals surface area (Å²) in [6, 6.07) is 2.92. The van der Waals surface area contributed by atoms with Crippen LogP contribution in [0.3, 0.4) is 0 Å². The first kappa shape index (κ1) is 16.9. The molecule has 1 atom stereocenters. The topological polar surface area (TPSA) is 66.8 Å². The zero-order valence-corrected chi connectivity index (χ0v) is 14.6. The molecule has 1 fully saturated rings. The van der Waals surface area contributed by atoms with Gasteiger partial charge in [-0.05, 0) is 31.4 Å². The number of rotatable bonds is 3. The lowest BCUT2D eigenvalue weighted by molar-refractivity contribution is 0.259. The molecular formula is C12H11BrCl2N2O3S. The van der Waals surface area contributed by atoms with Gasteiger partial charge in [-0.1, -0.05) is 39.1 Å². The second kappa shape index (κ2) is 6.77. The molecule has 0 amide bonds. The third-order valence-corrected chi connectivity index (χ3v) is 6.43. The highest BCUT2D eigenvalue weighted by molar-refractivity contribution is 9.10. The number of carbonyl (C=O) groups excluding carboxylic acids is 1.